The molecule has 332 valence electrons. The molecular formula is C60H42N8SSi. The Bertz CT molecular complexity index is 4850. The first-order valence-electron chi connectivity index (χ1n) is 26.3. The van der Waals surface area contributed by atoms with E-state index in [0.717, 1.165) is 60.0 Å². The number of para-hydroxylation sites is 6. The first-order valence-corrected chi connectivity index (χ1v) is 26.1. The van der Waals surface area contributed by atoms with E-state index in [1.54, 1.807) is 29.5 Å². The molecule has 0 unspecified atom stereocenters. The molecule has 0 bridgehead atoms. The minimum absolute atomic E-state index is 0.0845. The number of fused-ring (bicyclic) bond motifs is 15. The van der Waals surface area contributed by atoms with Crippen molar-refractivity contribution in [1.82, 2.24) is 37.3 Å². The summed E-state index contributed by atoms with van der Waals surface area (Å²) in [5.41, 5.74) is 11.3. The zero-order valence-electron chi connectivity index (χ0n) is 43.5. The zero-order chi connectivity index (χ0) is 51.4. The minimum atomic E-state index is -3.22. The number of nitrogens with zero attached hydrogens (tertiary/aromatic N) is 8. The smallest absolute Gasteiger partial charge is 0.220 e. The maximum absolute atomic E-state index is 9.05. The fraction of sp³-hybridized carbons (Fsp3) is 0.0500. The van der Waals surface area contributed by atoms with E-state index in [-0.39, 0.29) is 11.1 Å². The van der Waals surface area contributed by atoms with Gasteiger partial charge in [0.25, 0.3) is 0 Å². The standard InChI is InChI=1S/C60H42N8SSi/c1-37-18-14-30-49-54(37)61-59-65(46-27-11-12-28-47(46)66(49)59)41-34-39(3)56-52(36-41)67-48-29-13-10-26-45(48)64(58(67)62-56)40-20-16-25-44(35-40)70(42-21-6-4-7-22-42,43-23-8-5-9-24-43)53-33-17-32-51-57(53)69-60-63-55-38(2)19-15-31-50(55)68(51)60/h4-36H,1-3H3/i1D3,3D3. The fourth-order valence-electron chi connectivity index (χ4n) is 11.5. The highest BCUT2D eigenvalue weighted by molar-refractivity contribution is 7.29. The summed E-state index contributed by atoms with van der Waals surface area (Å²) in [6, 6.07) is 68.7. The second-order valence-corrected chi connectivity index (χ2v) is 22.9. The van der Waals surface area contributed by atoms with E-state index in [2.05, 4.69) is 154 Å². The maximum Gasteiger partial charge on any atom is 0.220 e. The van der Waals surface area contributed by atoms with E-state index in [4.69, 9.17) is 23.2 Å². The van der Waals surface area contributed by atoms with Crippen LogP contribution in [0.1, 0.15) is 24.9 Å². The molecule has 9 aromatic carbocycles. The first-order chi connectivity index (χ1) is 36.9. The van der Waals surface area contributed by atoms with Crippen LogP contribution in [0, 0.1) is 20.6 Å². The number of aryl methyl sites for hydroxylation is 3. The van der Waals surface area contributed by atoms with Gasteiger partial charge in [-0.1, -0.05) is 145 Å². The third-order valence-electron chi connectivity index (χ3n) is 14.4. The van der Waals surface area contributed by atoms with Crippen LogP contribution in [0.5, 0.6) is 0 Å². The van der Waals surface area contributed by atoms with E-state index in [9.17, 15) is 0 Å². The number of benzene rings is 9. The monoisotopic (exact) mass is 940 g/mol. The second-order valence-electron chi connectivity index (χ2n) is 18.1. The van der Waals surface area contributed by atoms with Crippen molar-refractivity contribution in [2.24, 2.45) is 0 Å². The maximum atomic E-state index is 9.05. The largest absolute Gasteiger partial charge is 0.283 e. The Morgan fingerprint density at radius 1 is 0.400 bits per heavy atom. The predicted octanol–water partition coefficient (Wildman–Crippen LogP) is 11.5. The van der Waals surface area contributed by atoms with Crippen LogP contribution in [0.25, 0.3) is 93.3 Å². The van der Waals surface area contributed by atoms with Gasteiger partial charge in [0.2, 0.25) is 11.6 Å². The van der Waals surface area contributed by atoms with Gasteiger partial charge in [-0.15, -0.1) is 0 Å². The zero-order valence-corrected chi connectivity index (χ0v) is 39.4. The van der Waals surface area contributed by atoms with Gasteiger partial charge in [-0.05, 0) is 125 Å². The van der Waals surface area contributed by atoms with Crippen molar-refractivity contribution in [3.05, 3.63) is 217 Å². The fourth-order valence-corrected chi connectivity index (χ4v) is 18.0. The van der Waals surface area contributed by atoms with Crippen LogP contribution in [-0.2, 0) is 0 Å². The third-order valence-corrected chi connectivity index (χ3v) is 20.5. The molecule has 0 aliphatic rings. The predicted molar refractivity (Wildman–Crippen MR) is 292 cm³/mol. The molecule has 10 heteroatoms. The van der Waals surface area contributed by atoms with Crippen LogP contribution >= 0.6 is 11.3 Å². The molecule has 8 nitrogen and oxygen atoms in total. The van der Waals surface area contributed by atoms with E-state index >= 15 is 0 Å². The van der Waals surface area contributed by atoms with Gasteiger partial charge in [-0.25, -0.2) is 15.0 Å². The van der Waals surface area contributed by atoms with Crippen LogP contribution in [0.2, 0.25) is 0 Å². The summed E-state index contributed by atoms with van der Waals surface area (Å²) < 4.78 is 63.9. The number of hydrogen-bond acceptors (Lipinski definition) is 4. The van der Waals surface area contributed by atoms with Gasteiger partial charge in [-0.2, -0.15) is 0 Å². The molecule has 6 heterocycles. The topological polar surface area (TPSA) is 61.8 Å². The minimum Gasteiger partial charge on any atom is -0.283 e. The molecule has 0 fully saturated rings. The molecule has 0 atom stereocenters. The molecule has 0 radical (unpaired) electrons. The molecule has 0 spiro atoms. The summed E-state index contributed by atoms with van der Waals surface area (Å²) in [5, 5.41) is 4.88. The van der Waals surface area contributed by atoms with E-state index < -0.39 is 21.8 Å². The molecule has 15 rings (SSSR count). The molecule has 70 heavy (non-hydrogen) atoms. The normalized spacial score (nSPS) is 14.1. The van der Waals surface area contributed by atoms with E-state index in [1.165, 1.54) is 20.3 Å². The molecule has 15 aromatic rings. The van der Waals surface area contributed by atoms with Gasteiger partial charge in [0.1, 0.15) is 0 Å². The van der Waals surface area contributed by atoms with Gasteiger partial charge in [0.15, 0.2) is 13.0 Å². The highest BCUT2D eigenvalue weighted by Gasteiger charge is 2.43. The quantitative estimate of drug-likeness (QED) is 0.123. The Kier molecular flexibility index (Phi) is 6.99. The van der Waals surface area contributed by atoms with Crippen molar-refractivity contribution in [2.45, 2.75) is 20.6 Å². The number of imidazole rings is 5. The van der Waals surface area contributed by atoms with Crippen molar-refractivity contribution in [2.75, 3.05) is 0 Å². The first kappa shape index (κ1) is 33.8. The number of rotatable bonds is 6. The van der Waals surface area contributed by atoms with Crippen LogP contribution < -0.4 is 20.7 Å². The van der Waals surface area contributed by atoms with Gasteiger partial charge < -0.3 is 0 Å². The molecule has 0 saturated carbocycles. The average molecular weight is 941 g/mol. The number of hydrogen-bond donors (Lipinski definition) is 0. The molecule has 0 aliphatic carbocycles. The van der Waals surface area contributed by atoms with Crippen LogP contribution in [0.3, 0.4) is 0 Å². The van der Waals surface area contributed by atoms with Gasteiger partial charge >= 0.3 is 0 Å². The summed E-state index contributed by atoms with van der Waals surface area (Å²) in [6.45, 7) is -2.86. The Hall–Kier alpha value is -8.57. The molecule has 6 aromatic heterocycles. The summed E-state index contributed by atoms with van der Waals surface area (Å²) in [7, 11) is -3.22. The molecule has 0 N–H and O–H groups in total. The molecule has 0 amide bonds. The Labute approximate surface area is 414 Å². The highest BCUT2D eigenvalue weighted by atomic mass is 32.1. The Morgan fingerprint density at radius 2 is 0.914 bits per heavy atom. The van der Waals surface area contributed by atoms with Crippen molar-refractivity contribution >= 4 is 122 Å². The lowest BCUT2D eigenvalue weighted by Gasteiger charge is -2.35. The van der Waals surface area contributed by atoms with Crippen molar-refractivity contribution < 1.29 is 8.22 Å². The third kappa shape index (κ3) is 5.20. The number of aromatic nitrogens is 8. The van der Waals surface area contributed by atoms with E-state index in [0.29, 0.717) is 39.3 Å². The molecule has 0 saturated heterocycles. The van der Waals surface area contributed by atoms with Gasteiger partial charge in [0, 0.05) is 13.9 Å². The van der Waals surface area contributed by atoms with Gasteiger partial charge in [0.05, 0.1) is 71.1 Å². The lowest BCUT2D eigenvalue weighted by molar-refractivity contribution is 1.10. The lowest BCUT2D eigenvalue weighted by atomic mass is 10.1. The summed E-state index contributed by atoms with van der Waals surface area (Å²) in [4.78, 5) is 16.6. The highest BCUT2D eigenvalue weighted by Crippen LogP contribution is 2.36. The van der Waals surface area contributed by atoms with Crippen LogP contribution in [0.4, 0.5) is 0 Å². The number of thiazole rings is 1. The van der Waals surface area contributed by atoms with Crippen LogP contribution in [-0.4, -0.2) is 45.4 Å². The summed E-state index contributed by atoms with van der Waals surface area (Å²) in [5.74, 6) is 1.02. The van der Waals surface area contributed by atoms with Crippen molar-refractivity contribution in [1.29, 1.82) is 0 Å². The Morgan fingerprint density at radius 3 is 1.60 bits per heavy atom. The summed E-state index contributed by atoms with van der Waals surface area (Å²) in [6.07, 6.45) is 0. The lowest BCUT2D eigenvalue weighted by Crippen LogP contribution is -2.74. The SMILES string of the molecule is [2H]C([2H])([2H])c1cccc2c1nc1n(-c3cc(C([2H])([2H])[2H])c4nc5n(-c6cccc([Si](c7ccccc7)(c7ccccc7)c7cccc8c7sc7nc9c(C)cccc9n78)c6)c6ccccc6n5c4c3)c3ccccc3n21. The molecule has 0 aliphatic heterocycles. The van der Waals surface area contributed by atoms with Crippen molar-refractivity contribution in [3.63, 3.8) is 0 Å². The Balaban J connectivity index is 1.01. The van der Waals surface area contributed by atoms with Crippen LogP contribution in [0.15, 0.2) is 200 Å². The second kappa shape index (κ2) is 14.5. The van der Waals surface area contributed by atoms with Gasteiger partial charge in [-0.3, -0.25) is 22.3 Å². The average Bonchev–Trinajstić information content (AvgIpc) is 4.44. The van der Waals surface area contributed by atoms with E-state index in [1.807, 2.05) is 57.5 Å². The summed E-state index contributed by atoms with van der Waals surface area (Å²) >= 11 is 1.74. The van der Waals surface area contributed by atoms with Crippen molar-refractivity contribution in [3.8, 4) is 11.4 Å². The molecular weight excluding hydrogens is 893 g/mol.